The fourth-order valence-corrected chi connectivity index (χ4v) is 3.78. The van der Waals surface area contributed by atoms with Gasteiger partial charge < -0.3 is 19.7 Å². The molecule has 0 aliphatic carbocycles. The van der Waals surface area contributed by atoms with Gasteiger partial charge in [-0.25, -0.2) is 9.97 Å². The standard InChI is InChI=1S/C21H21F3N4O3/c1-27-11-25-16-8-15(13-2-4-14(5-3-13)18(30)21(22,23)24)26-19(17(16)20(27)31)28-7-6-12(9-28)10-29/h2-5,8,11-12,18,29-30H,6-7,9-10H2,1H3/t12-,18?/m0/s1. The molecule has 3 aromatic rings. The number of alkyl halides is 3. The van der Waals surface area contributed by atoms with Crippen LogP contribution in [0.4, 0.5) is 19.0 Å². The second-order valence-electron chi connectivity index (χ2n) is 7.74. The number of aromatic nitrogens is 3. The molecule has 0 radical (unpaired) electrons. The Morgan fingerprint density at radius 2 is 1.97 bits per heavy atom. The zero-order valence-corrected chi connectivity index (χ0v) is 16.7. The molecule has 31 heavy (non-hydrogen) atoms. The summed E-state index contributed by atoms with van der Waals surface area (Å²) in [5.74, 6) is 0.515. The molecule has 4 rings (SSSR count). The number of aryl methyl sites for hydroxylation is 1. The zero-order valence-electron chi connectivity index (χ0n) is 16.7. The Labute approximate surface area is 175 Å². The fourth-order valence-electron chi connectivity index (χ4n) is 3.78. The van der Waals surface area contributed by atoms with Gasteiger partial charge in [0.05, 0.1) is 17.5 Å². The predicted molar refractivity (Wildman–Crippen MR) is 109 cm³/mol. The summed E-state index contributed by atoms with van der Waals surface area (Å²) in [4.78, 5) is 23.7. The number of fused-ring (bicyclic) bond motifs is 1. The molecule has 0 spiro atoms. The van der Waals surface area contributed by atoms with Crippen molar-refractivity contribution in [3.8, 4) is 11.3 Å². The second kappa shape index (κ2) is 7.93. The van der Waals surface area contributed by atoms with Gasteiger partial charge in [-0.05, 0) is 18.1 Å². The molecule has 0 amide bonds. The lowest BCUT2D eigenvalue weighted by Gasteiger charge is -2.20. The van der Waals surface area contributed by atoms with E-state index >= 15 is 0 Å². The third kappa shape index (κ3) is 4.00. The van der Waals surface area contributed by atoms with Crippen molar-refractivity contribution in [1.82, 2.24) is 14.5 Å². The van der Waals surface area contributed by atoms with Crippen LogP contribution >= 0.6 is 0 Å². The normalized spacial score (nSPS) is 18.0. The van der Waals surface area contributed by atoms with Gasteiger partial charge in [0.2, 0.25) is 0 Å². The quantitative estimate of drug-likeness (QED) is 0.656. The van der Waals surface area contributed by atoms with E-state index in [1.165, 1.54) is 35.2 Å². The molecule has 0 bridgehead atoms. The predicted octanol–water partition coefficient (Wildman–Crippen LogP) is 2.41. The smallest absolute Gasteiger partial charge is 0.396 e. The summed E-state index contributed by atoms with van der Waals surface area (Å²) in [5.41, 5.74) is 0.880. The largest absolute Gasteiger partial charge is 0.418 e. The molecule has 1 fully saturated rings. The van der Waals surface area contributed by atoms with Crippen molar-refractivity contribution in [2.45, 2.75) is 18.7 Å². The summed E-state index contributed by atoms with van der Waals surface area (Å²) < 4.78 is 39.7. The molecule has 2 atom stereocenters. The van der Waals surface area contributed by atoms with Crippen LogP contribution < -0.4 is 10.5 Å². The molecule has 1 aliphatic heterocycles. The number of nitrogens with zero attached hydrogens (tertiary/aromatic N) is 4. The number of aliphatic hydroxyl groups is 2. The highest BCUT2D eigenvalue weighted by Crippen LogP contribution is 2.34. The third-order valence-electron chi connectivity index (χ3n) is 5.56. The Hall–Kier alpha value is -2.98. The minimum absolute atomic E-state index is 0.0351. The summed E-state index contributed by atoms with van der Waals surface area (Å²) in [5, 5.41) is 19.3. The van der Waals surface area contributed by atoms with E-state index in [4.69, 9.17) is 0 Å². The van der Waals surface area contributed by atoms with E-state index in [0.29, 0.717) is 41.1 Å². The van der Waals surface area contributed by atoms with E-state index < -0.39 is 12.3 Å². The molecule has 1 aromatic carbocycles. The lowest BCUT2D eigenvalue weighted by atomic mass is 10.0. The summed E-state index contributed by atoms with van der Waals surface area (Å²) in [6, 6.07) is 6.92. The second-order valence-corrected chi connectivity index (χ2v) is 7.74. The summed E-state index contributed by atoms with van der Waals surface area (Å²) >= 11 is 0. The van der Waals surface area contributed by atoms with Crippen molar-refractivity contribution >= 4 is 16.7 Å². The molecular weight excluding hydrogens is 413 g/mol. The molecule has 10 heteroatoms. The van der Waals surface area contributed by atoms with Crippen LogP contribution in [-0.4, -0.2) is 50.6 Å². The van der Waals surface area contributed by atoms with Crippen molar-refractivity contribution in [2.24, 2.45) is 13.0 Å². The van der Waals surface area contributed by atoms with Gasteiger partial charge in [0.15, 0.2) is 6.10 Å². The van der Waals surface area contributed by atoms with Crippen LogP contribution in [0.2, 0.25) is 0 Å². The Kier molecular flexibility index (Phi) is 5.44. The Morgan fingerprint density at radius 1 is 1.26 bits per heavy atom. The van der Waals surface area contributed by atoms with E-state index in [9.17, 15) is 28.2 Å². The zero-order chi connectivity index (χ0) is 22.3. The van der Waals surface area contributed by atoms with Crippen molar-refractivity contribution in [3.63, 3.8) is 0 Å². The number of hydrogen-bond donors (Lipinski definition) is 2. The topological polar surface area (TPSA) is 91.5 Å². The van der Waals surface area contributed by atoms with E-state index in [2.05, 4.69) is 9.97 Å². The first-order chi connectivity index (χ1) is 14.7. The lowest BCUT2D eigenvalue weighted by molar-refractivity contribution is -0.206. The SMILES string of the molecule is Cn1cnc2cc(-c3ccc(C(O)C(F)(F)F)cc3)nc(N3CC[C@H](CO)C3)c2c1=O. The Bertz CT molecular complexity index is 1160. The maximum atomic E-state index is 12.8. The number of hydrogen-bond acceptors (Lipinski definition) is 6. The van der Waals surface area contributed by atoms with Crippen molar-refractivity contribution < 1.29 is 23.4 Å². The van der Waals surface area contributed by atoms with Gasteiger partial charge in [0, 0.05) is 38.2 Å². The minimum Gasteiger partial charge on any atom is -0.396 e. The summed E-state index contributed by atoms with van der Waals surface area (Å²) in [7, 11) is 1.59. The fraction of sp³-hybridized carbons (Fsp3) is 0.381. The highest BCUT2D eigenvalue weighted by Gasteiger charge is 2.39. The summed E-state index contributed by atoms with van der Waals surface area (Å²) in [6.45, 7) is 1.19. The van der Waals surface area contributed by atoms with Crippen molar-refractivity contribution in [3.05, 3.63) is 52.6 Å². The Balaban J connectivity index is 1.81. The van der Waals surface area contributed by atoms with Gasteiger partial charge in [-0.1, -0.05) is 24.3 Å². The van der Waals surface area contributed by atoms with E-state index in [-0.39, 0.29) is 23.6 Å². The molecular formula is C21H21F3N4O3. The number of anilines is 1. The van der Waals surface area contributed by atoms with Gasteiger partial charge in [-0.2, -0.15) is 13.2 Å². The maximum Gasteiger partial charge on any atom is 0.418 e. The highest BCUT2D eigenvalue weighted by atomic mass is 19.4. The van der Waals surface area contributed by atoms with Crippen LogP contribution in [0.1, 0.15) is 18.1 Å². The first-order valence-corrected chi connectivity index (χ1v) is 9.76. The third-order valence-corrected chi connectivity index (χ3v) is 5.56. The van der Waals surface area contributed by atoms with E-state index in [1.54, 1.807) is 13.1 Å². The number of halogens is 3. The molecule has 1 saturated heterocycles. The average Bonchev–Trinajstić information content (AvgIpc) is 3.24. The molecule has 164 valence electrons. The molecule has 3 heterocycles. The molecule has 1 unspecified atom stereocenters. The molecule has 2 aromatic heterocycles. The first-order valence-electron chi connectivity index (χ1n) is 9.76. The van der Waals surface area contributed by atoms with Gasteiger partial charge in [0.1, 0.15) is 11.2 Å². The molecule has 1 aliphatic rings. The van der Waals surface area contributed by atoms with Crippen LogP contribution in [-0.2, 0) is 7.05 Å². The monoisotopic (exact) mass is 434 g/mol. The number of aliphatic hydroxyl groups excluding tert-OH is 2. The first kappa shape index (κ1) is 21.3. The number of pyridine rings is 1. The average molecular weight is 434 g/mol. The Morgan fingerprint density at radius 3 is 2.58 bits per heavy atom. The van der Waals surface area contributed by atoms with Gasteiger partial charge in [-0.15, -0.1) is 0 Å². The maximum absolute atomic E-state index is 12.8. The van der Waals surface area contributed by atoms with Gasteiger partial charge in [0.25, 0.3) is 5.56 Å². The van der Waals surface area contributed by atoms with Crippen molar-refractivity contribution in [2.75, 3.05) is 24.6 Å². The van der Waals surface area contributed by atoms with Gasteiger partial charge in [-0.3, -0.25) is 4.79 Å². The lowest BCUT2D eigenvalue weighted by Crippen LogP contribution is -2.26. The van der Waals surface area contributed by atoms with E-state index in [1.807, 2.05) is 4.90 Å². The van der Waals surface area contributed by atoms with E-state index in [0.717, 1.165) is 6.42 Å². The molecule has 0 saturated carbocycles. The minimum atomic E-state index is -4.75. The number of rotatable bonds is 4. The number of benzene rings is 1. The van der Waals surface area contributed by atoms with Gasteiger partial charge >= 0.3 is 6.18 Å². The molecule has 7 nitrogen and oxygen atoms in total. The van der Waals surface area contributed by atoms with Crippen molar-refractivity contribution in [1.29, 1.82) is 0 Å². The van der Waals surface area contributed by atoms with Crippen LogP contribution in [0.25, 0.3) is 22.2 Å². The van der Waals surface area contributed by atoms with Crippen LogP contribution in [0.5, 0.6) is 0 Å². The highest BCUT2D eigenvalue weighted by molar-refractivity contribution is 5.91. The molecule has 2 N–H and O–H groups in total. The van der Waals surface area contributed by atoms with Crippen LogP contribution in [0.15, 0.2) is 41.5 Å². The van der Waals surface area contributed by atoms with Crippen LogP contribution in [0.3, 0.4) is 0 Å². The van der Waals surface area contributed by atoms with Crippen LogP contribution in [0, 0.1) is 5.92 Å². The summed E-state index contributed by atoms with van der Waals surface area (Å²) in [6.07, 6.45) is -5.15.